The van der Waals surface area contributed by atoms with Crippen molar-refractivity contribution < 1.29 is 34.0 Å². The number of unbranched alkanes of at least 4 members (excludes halogenated alkanes) is 5. The van der Waals surface area contributed by atoms with E-state index < -0.39 is 11.9 Å². The van der Waals surface area contributed by atoms with Crippen molar-refractivity contribution in [1.82, 2.24) is 9.80 Å². The van der Waals surface area contributed by atoms with Crippen LogP contribution in [0.1, 0.15) is 67.2 Å². The molecule has 2 aromatic heterocycles. The molecule has 0 unspecified atom stereocenters. The number of methoxy groups -OCH3 is 1. The Labute approximate surface area is 392 Å². The number of ether oxygens (including phenoxy) is 3. The van der Waals surface area contributed by atoms with Gasteiger partial charge in [-0.3, -0.25) is 19.4 Å². The standard InChI is InChI=1S/C27H31NO4S.C27H31NO3S/c1-31-24-16-21(17-28-18-22(19-28)27(29)30)15-23(25-12-8-14-33-25)26(24)32-13-7-3-6-11-20-9-4-2-5-10-20;29-27(30)23-19-28(20-23)18-22-13-14-25(24(17-22)26-12-8-16-32-26)31-15-7-2-1-4-9-21-10-5-3-6-11-21/h2,4-5,8-10,12,14-16,22H,3,6-7,11,13,17-19H2,1H3,(H,29,30);3,5-6,8,10-14,16-17,23H,1-2,4,7,9,15,18-20H2,(H,29,30). The lowest BCUT2D eigenvalue weighted by Gasteiger charge is -2.36. The number of carboxylic acid groups (broad SMARTS) is 2. The van der Waals surface area contributed by atoms with Gasteiger partial charge in [0.25, 0.3) is 0 Å². The van der Waals surface area contributed by atoms with Crippen LogP contribution in [-0.2, 0) is 35.5 Å². The summed E-state index contributed by atoms with van der Waals surface area (Å²) >= 11 is 3.40. The number of hydrogen-bond acceptors (Lipinski definition) is 9. The minimum Gasteiger partial charge on any atom is -0.493 e. The molecule has 2 fully saturated rings. The van der Waals surface area contributed by atoms with Crippen molar-refractivity contribution in [2.24, 2.45) is 11.8 Å². The van der Waals surface area contributed by atoms with Crippen LogP contribution >= 0.6 is 22.7 Å². The maximum atomic E-state index is 11.1. The predicted octanol–water partition coefficient (Wildman–Crippen LogP) is 11.8. The molecular weight excluding hydrogens is 853 g/mol. The lowest BCUT2D eigenvalue weighted by atomic mass is 9.98. The minimum absolute atomic E-state index is 0.220. The Kier molecular flexibility index (Phi) is 18.1. The molecule has 0 radical (unpaired) electrons. The van der Waals surface area contributed by atoms with Gasteiger partial charge in [0.05, 0.1) is 32.2 Å². The average molecular weight is 915 g/mol. The van der Waals surface area contributed by atoms with Crippen molar-refractivity contribution >= 4 is 34.6 Å². The number of aryl methyl sites for hydroxylation is 2. The monoisotopic (exact) mass is 914 g/mol. The number of thiophene rings is 2. The van der Waals surface area contributed by atoms with Gasteiger partial charge in [0.2, 0.25) is 0 Å². The molecule has 0 spiro atoms. The van der Waals surface area contributed by atoms with Crippen molar-refractivity contribution in [2.45, 2.75) is 70.9 Å². The van der Waals surface area contributed by atoms with Gasteiger partial charge in [-0.25, -0.2) is 0 Å². The first kappa shape index (κ1) is 47.5. The van der Waals surface area contributed by atoms with E-state index in [1.807, 2.05) is 12.1 Å². The second kappa shape index (κ2) is 24.7. The van der Waals surface area contributed by atoms with E-state index in [4.69, 9.17) is 24.4 Å². The summed E-state index contributed by atoms with van der Waals surface area (Å²) in [6, 6.07) is 40.2. The maximum Gasteiger partial charge on any atom is 0.309 e. The maximum absolute atomic E-state index is 11.1. The van der Waals surface area contributed by atoms with Gasteiger partial charge < -0.3 is 24.4 Å². The highest BCUT2D eigenvalue weighted by Gasteiger charge is 2.33. The normalized spacial score (nSPS) is 14.2. The van der Waals surface area contributed by atoms with Gasteiger partial charge in [-0.1, -0.05) is 91.7 Å². The van der Waals surface area contributed by atoms with Gasteiger partial charge in [0.15, 0.2) is 11.5 Å². The van der Waals surface area contributed by atoms with E-state index >= 15 is 0 Å². The summed E-state index contributed by atoms with van der Waals surface area (Å²) < 4.78 is 18.2. The molecule has 2 N–H and O–H groups in total. The Morgan fingerprint density at radius 1 is 0.538 bits per heavy atom. The molecule has 0 amide bonds. The molecule has 0 atom stereocenters. The molecule has 4 aromatic carbocycles. The molecule has 2 aliphatic rings. The Morgan fingerprint density at radius 3 is 1.58 bits per heavy atom. The molecule has 11 heteroatoms. The van der Waals surface area contributed by atoms with Gasteiger partial charge in [-0.05, 0) is 114 Å². The summed E-state index contributed by atoms with van der Waals surface area (Å²) in [5.41, 5.74) is 7.28. The molecule has 8 rings (SSSR count). The molecule has 0 bridgehead atoms. The number of likely N-dealkylation sites (tertiary alicyclic amines) is 2. The fraction of sp³-hybridized carbons (Fsp3) is 0.370. The average Bonchev–Trinajstić information content (AvgIpc) is 4.04. The first-order chi connectivity index (χ1) is 31.8. The van der Waals surface area contributed by atoms with Crippen LogP contribution in [0.4, 0.5) is 0 Å². The van der Waals surface area contributed by atoms with Crippen LogP contribution in [0.15, 0.2) is 126 Å². The Balaban J connectivity index is 0.000000194. The minimum atomic E-state index is -0.712. The number of benzene rings is 4. The number of aliphatic carboxylic acids is 2. The molecule has 9 nitrogen and oxygen atoms in total. The van der Waals surface area contributed by atoms with E-state index in [2.05, 4.69) is 124 Å². The van der Waals surface area contributed by atoms with Crippen LogP contribution in [0, 0.1) is 11.8 Å². The zero-order valence-electron chi connectivity index (χ0n) is 37.4. The zero-order chi connectivity index (χ0) is 45.2. The van der Waals surface area contributed by atoms with E-state index in [9.17, 15) is 9.59 Å². The SMILES string of the molecule is COc1cc(CN2CC(C(=O)O)C2)cc(-c2cccs2)c1OCCCCCc1ccccc1.O=C(O)C1CN(Cc2ccc(OCCCCCCc3ccccc3)c(-c3cccs3)c2)C1. The number of hydrogen-bond donors (Lipinski definition) is 2. The summed E-state index contributed by atoms with van der Waals surface area (Å²) in [6.07, 6.45) is 10.2. The fourth-order valence-electron chi connectivity index (χ4n) is 8.36. The van der Waals surface area contributed by atoms with Crippen molar-refractivity contribution in [2.75, 3.05) is 46.5 Å². The molecule has 6 aromatic rings. The first-order valence-corrected chi connectivity index (χ1v) is 24.7. The lowest BCUT2D eigenvalue weighted by molar-refractivity contribution is -0.148. The van der Waals surface area contributed by atoms with E-state index in [0.717, 1.165) is 90.5 Å². The molecule has 342 valence electrons. The Morgan fingerprint density at radius 2 is 1.05 bits per heavy atom. The van der Waals surface area contributed by atoms with E-state index in [1.54, 1.807) is 29.8 Å². The Bertz CT molecular complexity index is 2340. The lowest BCUT2D eigenvalue weighted by Crippen LogP contribution is -2.49. The molecule has 0 saturated carbocycles. The molecule has 2 aliphatic heterocycles. The number of carboxylic acids is 2. The van der Waals surface area contributed by atoms with Gasteiger partial charge in [-0.2, -0.15) is 0 Å². The topological polar surface area (TPSA) is 109 Å². The largest absolute Gasteiger partial charge is 0.493 e. The zero-order valence-corrected chi connectivity index (χ0v) is 39.1. The van der Waals surface area contributed by atoms with Gasteiger partial charge >= 0.3 is 11.9 Å². The molecule has 4 heterocycles. The van der Waals surface area contributed by atoms with Crippen LogP contribution in [0.5, 0.6) is 17.2 Å². The van der Waals surface area contributed by atoms with E-state index in [0.29, 0.717) is 39.3 Å². The molecule has 65 heavy (non-hydrogen) atoms. The third-order valence-electron chi connectivity index (χ3n) is 12.0. The number of carbonyl (C=O) groups is 2. The highest BCUT2D eigenvalue weighted by Crippen LogP contribution is 2.42. The van der Waals surface area contributed by atoms with Crippen molar-refractivity contribution in [3.05, 3.63) is 148 Å². The molecule has 2 saturated heterocycles. The third-order valence-corrected chi connectivity index (χ3v) is 13.8. The van der Waals surface area contributed by atoms with Crippen LogP contribution in [0.3, 0.4) is 0 Å². The van der Waals surface area contributed by atoms with Crippen LogP contribution in [0.25, 0.3) is 20.9 Å². The Hall–Kier alpha value is -5.46. The highest BCUT2D eigenvalue weighted by molar-refractivity contribution is 7.13. The van der Waals surface area contributed by atoms with Crippen LogP contribution in [0.2, 0.25) is 0 Å². The van der Waals surface area contributed by atoms with Gasteiger partial charge in [0, 0.05) is 60.1 Å². The highest BCUT2D eigenvalue weighted by atomic mass is 32.1. The van der Waals surface area contributed by atoms with Crippen LogP contribution in [-0.4, -0.2) is 78.5 Å². The van der Waals surface area contributed by atoms with E-state index in [-0.39, 0.29) is 11.8 Å². The first-order valence-electron chi connectivity index (χ1n) is 23.0. The van der Waals surface area contributed by atoms with E-state index in [1.165, 1.54) is 40.8 Å². The quantitative estimate of drug-likeness (QED) is 0.0574. The van der Waals surface area contributed by atoms with Crippen molar-refractivity contribution in [1.29, 1.82) is 0 Å². The second-order valence-electron chi connectivity index (χ2n) is 17.1. The third kappa shape index (κ3) is 14.3. The van der Waals surface area contributed by atoms with Crippen molar-refractivity contribution in [3.63, 3.8) is 0 Å². The summed E-state index contributed by atoms with van der Waals surface area (Å²) in [7, 11) is 1.67. The number of nitrogens with zero attached hydrogens (tertiary/aromatic N) is 2. The summed E-state index contributed by atoms with van der Waals surface area (Å²) in [4.78, 5) is 28.8. The number of rotatable bonds is 24. The van der Waals surface area contributed by atoms with Gasteiger partial charge in [0.1, 0.15) is 5.75 Å². The van der Waals surface area contributed by atoms with Crippen molar-refractivity contribution in [3.8, 4) is 38.1 Å². The second-order valence-corrected chi connectivity index (χ2v) is 19.0. The smallest absolute Gasteiger partial charge is 0.309 e. The predicted molar refractivity (Wildman–Crippen MR) is 262 cm³/mol. The fourth-order valence-corrected chi connectivity index (χ4v) is 9.84. The molecule has 0 aliphatic carbocycles. The van der Waals surface area contributed by atoms with Crippen LogP contribution < -0.4 is 14.2 Å². The summed E-state index contributed by atoms with van der Waals surface area (Å²) in [5.74, 6) is 0.581. The van der Waals surface area contributed by atoms with Gasteiger partial charge in [-0.15, -0.1) is 22.7 Å². The summed E-state index contributed by atoms with van der Waals surface area (Å²) in [6.45, 7) is 5.31. The summed E-state index contributed by atoms with van der Waals surface area (Å²) in [5, 5.41) is 22.4. The molecular formula is C54H62N2O7S2.